The molecule has 3 aliphatic rings. The molecule has 1 aromatic heterocycles. The monoisotopic (exact) mass is 321 g/mol. The zero-order valence-corrected chi connectivity index (χ0v) is 14.1. The number of nitrogens with two attached hydrogens (primary N) is 1. The molecule has 6 nitrogen and oxygen atoms in total. The lowest BCUT2D eigenvalue weighted by atomic mass is 9.45. The van der Waals surface area contributed by atoms with E-state index in [2.05, 4.69) is 24.1 Å². The van der Waals surface area contributed by atoms with Gasteiger partial charge in [-0.3, -0.25) is 4.79 Å². The second-order valence-electron chi connectivity index (χ2n) is 7.75. The van der Waals surface area contributed by atoms with Gasteiger partial charge in [-0.1, -0.05) is 13.8 Å². The van der Waals surface area contributed by atoms with Crippen LogP contribution in [0.2, 0.25) is 0 Å². The van der Waals surface area contributed by atoms with Gasteiger partial charge in [-0.15, -0.1) is 0 Å². The highest BCUT2D eigenvalue weighted by atomic mass is 16.3. The molecule has 4 N–H and O–H groups in total. The van der Waals surface area contributed by atoms with Gasteiger partial charge in [0.1, 0.15) is 12.3 Å². The number of carbonyl (C=O) groups excluding carboxylic acids is 1. The minimum Gasteiger partial charge on any atom is -0.446 e. The lowest BCUT2D eigenvalue weighted by molar-refractivity contribution is -0.103. The third-order valence-electron chi connectivity index (χ3n) is 6.09. The van der Waals surface area contributed by atoms with Crippen LogP contribution in [0.15, 0.2) is 10.7 Å². The summed E-state index contributed by atoms with van der Waals surface area (Å²) >= 11 is 0. The number of nitrogens with zero attached hydrogens (tertiary/aromatic N) is 1. The van der Waals surface area contributed by atoms with Crippen LogP contribution >= 0.6 is 0 Å². The standard InChI is InChI=1S/C17H27N3O3/c1-9(21)14(18)16-20-13(8-23-16)15(22)19-7-10-4-5-11-6-12(10)17(11,2)3/h8-12,14,21H,4-7,18H2,1-3H3,(H,19,22). The van der Waals surface area contributed by atoms with Crippen molar-refractivity contribution in [2.45, 2.75) is 52.2 Å². The molecule has 4 rings (SSSR count). The average molecular weight is 321 g/mol. The van der Waals surface area contributed by atoms with Gasteiger partial charge in [0.15, 0.2) is 5.69 Å². The Bertz CT molecular complexity index is 579. The van der Waals surface area contributed by atoms with Gasteiger partial charge in [0.25, 0.3) is 5.91 Å². The second-order valence-corrected chi connectivity index (χ2v) is 7.75. The SMILES string of the molecule is CC(O)C(N)c1nc(C(=O)NCC2CCC3CC2C3(C)C)co1. The fourth-order valence-electron chi connectivity index (χ4n) is 4.27. The lowest BCUT2D eigenvalue weighted by Crippen LogP contribution is -2.54. The van der Waals surface area contributed by atoms with Gasteiger partial charge < -0.3 is 20.6 Å². The molecular formula is C17H27N3O3. The van der Waals surface area contributed by atoms with E-state index in [1.165, 1.54) is 25.5 Å². The van der Waals surface area contributed by atoms with E-state index in [4.69, 9.17) is 10.2 Å². The van der Waals surface area contributed by atoms with Gasteiger partial charge in [-0.25, -0.2) is 4.98 Å². The van der Waals surface area contributed by atoms with Crippen molar-refractivity contribution in [2.24, 2.45) is 28.9 Å². The number of amides is 1. The predicted octanol–water partition coefficient (Wildman–Crippen LogP) is 1.86. The van der Waals surface area contributed by atoms with Crippen molar-refractivity contribution in [2.75, 3.05) is 6.54 Å². The fourth-order valence-corrected chi connectivity index (χ4v) is 4.27. The van der Waals surface area contributed by atoms with Crippen molar-refractivity contribution in [3.63, 3.8) is 0 Å². The van der Waals surface area contributed by atoms with E-state index in [-0.39, 0.29) is 17.5 Å². The number of aliphatic hydroxyl groups excluding tert-OH is 1. The number of rotatable bonds is 5. The number of oxazole rings is 1. The third kappa shape index (κ3) is 2.90. The highest BCUT2D eigenvalue weighted by Crippen LogP contribution is 2.61. The molecule has 1 aromatic rings. The van der Waals surface area contributed by atoms with E-state index in [0.29, 0.717) is 23.8 Å². The quantitative estimate of drug-likeness (QED) is 0.768. The first-order valence-corrected chi connectivity index (χ1v) is 8.48. The molecule has 0 radical (unpaired) electrons. The summed E-state index contributed by atoms with van der Waals surface area (Å²) in [7, 11) is 0. The van der Waals surface area contributed by atoms with Crippen LogP contribution in [0.1, 0.15) is 62.5 Å². The van der Waals surface area contributed by atoms with Gasteiger partial charge in [-0.2, -0.15) is 0 Å². The molecule has 3 saturated carbocycles. The fraction of sp³-hybridized carbons (Fsp3) is 0.765. The highest BCUT2D eigenvalue weighted by molar-refractivity contribution is 5.91. The molecule has 3 aliphatic carbocycles. The minimum absolute atomic E-state index is 0.186. The summed E-state index contributed by atoms with van der Waals surface area (Å²) in [5, 5.41) is 12.4. The number of aliphatic hydroxyl groups is 1. The Morgan fingerprint density at radius 3 is 2.91 bits per heavy atom. The van der Waals surface area contributed by atoms with E-state index in [1.807, 2.05) is 0 Å². The van der Waals surface area contributed by atoms with E-state index >= 15 is 0 Å². The average Bonchev–Trinajstić information content (AvgIpc) is 3.01. The van der Waals surface area contributed by atoms with Crippen LogP contribution < -0.4 is 11.1 Å². The van der Waals surface area contributed by atoms with Crippen LogP contribution in [0, 0.1) is 23.2 Å². The molecule has 1 heterocycles. The zero-order chi connectivity index (χ0) is 16.8. The maximum absolute atomic E-state index is 12.2. The summed E-state index contributed by atoms with van der Waals surface area (Å²) in [6, 6.07) is -0.720. The summed E-state index contributed by atoms with van der Waals surface area (Å²) in [6.07, 6.45) is 4.28. The number of hydrogen-bond acceptors (Lipinski definition) is 5. The Hall–Kier alpha value is -1.40. The topological polar surface area (TPSA) is 101 Å². The van der Waals surface area contributed by atoms with Crippen LogP contribution in [-0.4, -0.2) is 28.6 Å². The van der Waals surface area contributed by atoms with Crippen molar-refractivity contribution >= 4 is 5.91 Å². The number of hydrogen-bond donors (Lipinski definition) is 3. The van der Waals surface area contributed by atoms with E-state index < -0.39 is 12.1 Å². The predicted molar refractivity (Wildman–Crippen MR) is 85.5 cm³/mol. The first-order chi connectivity index (χ1) is 10.8. The Kier molecular flexibility index (Phi) is 4.23. The number of nitrogens with one attached hydrogen (secondary N) is 1. The first-order valence-electron chi connectivity index (χ1n) is 8.48. The molecule has 5 atom stereocenters. The minimum atomic E-state index is -0.777. The van der Waals surface area contributed by atoms with Crippen LogP contribution in [0.3, 0.4) is 0 Å². The van der Waals surface area contributed by atoms with Crippen molar-refractivity contribution < 1.29 is 14.3 Å². The van der Waals surface area contributed by atoms with Crippen molar-refractivity contribution in [1.82, 2.24) is 10.3 Å². The van der Waals surface area contributed by atoms with Crippen molar-refractivity contribution in [3.05, 3.63) is 17.8 Å². The number of fused-ring (bicyclic) bond motifs is 2. The van der Waals surface area contributed by atoms with Crippen LogP contribution in [0.4, 0.5) is 0 Å². The van der Waals surface area contributed by atoms with E-state index in [1.54, 1.807) is 6.92 Å². The summed E-state index contributed by atoms with van der Waals surface area (Å²) in [5.74, 6) is 2.06. The molecule has 1 amide bonds. The highest BCUT2D eigenvalue weighted by Gasteiger charge is 2.53. The maximum Gasteiger partial charge on any atom is 0.273 e. The zero-order valence-electron chi connectivity index (χ0n) is 14.1. The molecule has 0 aromatic carbocycles. The van der Waals surface area contributed by atoms with E-state index in [0.717, 1.165) is 5.92 Å². The number of carbonyl (C=O) groups is 1. The van der Waals surface area contributed by atoms with E-state index in [9.17, 15) is 9.90 Å². The molecule has 128 valence electrons. The molecule has 6 heteroatoms. The summed E-state index contributed by atoms with van der Waals surface area (Å²) in [4.78, 5) is 16.3. The van der Waals surface area contributed by atoms with Crippen LogP contribution in [-0.2, 0) is 0 Å². The molecule has 23 heavy (non-hydrogen) atoms. The summed E-state index contributed by atoms with van der Waals surface area (Å²) in [6.45, 7) is 6.94. The Balaban J connectivity index is 1.56. The smallest absolute Gasteiger partial charge is 0.273 e. The lowest BCUT2D eigenvalue weighted by Gasteiger charge is -2.60. The molecule has 3 fully saturated rings. The normalized spacial score (nSPS) is 31.1. The van der Waals surface area contributed by atoms with Gasteiger partial charge >= 0.3 is 0 Å². The Morgan fingerprint density at radius 2 is 2.30 bits per heavy atom. The molecular weight excluding hydrogens is 294 g/mol. The summed E-state index contributed by atoms with van der Waals surface area (Å²) in [5.41, 5.74) is 6.39. The third-order valence-corrected chi connectivity index (χ3v) is 6.09. The first kappa shape index (κ1) is 16.5. The van der Waals surface area contributed by atoms with Crippen molar-refractivity contribution in [1.29, 1.82) is 0 Å². The van der Waals surface area contributed by atoms with Gasteiger partial charge in [0.2, 0.25) is 5.89 Å². The van der Waals surface area contributed by atoms with Crippen molar-refractivity contribution in [3.8, 4) is 0 Å². The molecule has 0 aliphatic heterocycles. The maximum atomic E-state index is 12.2. The molecule has 5 unspecified atom stereocenters. The second kappa shape index (κ2) is 5.91. The molecule has 0 spiro atoms. The number of aromatic nitrogens is 1. The molecule has 2 bridgehead atoms. The Labute approximate surface area is 136 Å². The van der Waals surface area contributed by atoms with Gasteiger partial charge in [0, 0.05) is 6.54 Å². The van der Waals surface area contributed by atoms with Crippen LogP contribution in [0.25, 0.3) is 0 Å². The van der Waals surface area contributed by atoms with Gasteiger partial charge in [0.05, 0.1) is 6.10 Å². The Morgan fingerprint density at radius 1 is 1.57 bits per heavy atom. The molecule has 0 saturated heterocycles. The van der Waals surface area contributed by atoms with Crippen LogP contribution in [0.5, 0.6) is 0 Å². The summed E-state index contributed by atoms with van der Waals surface area (Å²) < 4.78 is 5.21. The van der Waals surface area contributed by atoms with Gasteiger partial charge in [-0.05, 0) is 49.4 Å². The largest absolute Gasteiger partial charge is 0.446 e.